The number of pyridine rings is 1. The molecule has 1 saturated heterocycles. The second kappa shape index (κ2) is 9.22. The molecular weight excluding hydrogens is 322 g/mol. The minimum atomic E-state index is 0.544. The fraction of sp³-hybridized carbons (Fsp3) is 0.429. The molecule has 1 unspecified atom stereocenters. The summed E-state index contributed by atoms with van der Waals surface area (Å²) < 4.78 is 0. The molecule has 1 aromatic carbocycles. The van der Waals surface area contributed by atoms with Crippen molar-refractivity contribution in [3.63, 3.8) is 0 Å². The van der Waals surface area contributed by atoms with Crippen LogP contribution in [0, 0.1) is 0 Å². The van der Waals surface area contributed by atoms with Crippen LogP contribution in [-0.2, 0) is 0 Å². The zero-order valence-corrected chi connectivity index (χ0v) is 15.8. The van der Waals surface area contributed by atoms with E-state index in [2.05, 4.69) is 68.4 Å². The van der Waals surface area contributed by atoms with Crippen LogP contribution >= 0.6 is 0 Å². The zero-order chi connectivity index (χ0) is 18.2. The van der Waals surface area contributed by atoms with Gasteiger partial charge >= 0.3 is 0 Å². The van der Waals surface area contributed by atoms with Crippen LogP contribution in [0.15, 0.2) is 59.7 Å². The summed E-state index contributed by atoms with van der Waals surface area (Å²) in [5.74, 6) is 2.61. The number of benzene rings is 1. The summed E-state index contributed by atoms with van der Waals surface area (Å²) in [6, 6.07) is 16.8. The zero-order valence-electron chi connectivity index (χ0n) is 15.8. The van der Waals surface area contributed by atoms with E-state index in [-0.39, 0.29) is 0 Å². The first kappa shape index (κ1) is 18.2. The lowest BCUT2D eigenvalue weighted by atomic mass is 9.98. The molecule has 0 saturated carbocycles. The number of nitrogens with one attached hydrogen (secondary N) is 1. The van der Waals surface area contributed by atoms with Gasteiger partial charge in [0.15, 0.2) is 5.96 Å². The summed E-state index contributed by atoms with van der Waals surface area (Å²) in [4.78, 5) is 13.6. The number of aliphatic imine (C=N–C) groups is 1. The van der Waals surface area contributed by atoms with E-state index >= 15 is 0 Å². The fourth-order valence-corrected chi connectivity index (χ4v) is 3.37. The lowest BCUT2D eigenvalue weighted by Gasteiger charge is -2.37. The third kappa shape index (κ3) is 4.75. The monoisotopic (exact) mass is 351 g/mol. The van der Waals surface area contributed by atoms with Gasteiger partial charge in [0.1, 0.15) is 5.82 Å². The highest BCUT2D eigenvalue weighted by atomic mass is 15.4. The summed E-state index contributed by atoms with van der Waals surface area (Å²) >= 11 is 0. The highest BCUT2D eigenvalue weighted by molar-refractivity contribution is 5.80. The Bertz CT molecular complexity index is 678. The summed E-state index contributed by atoms with van der Waals surface area (Å²) in [5.41, 5.74) is 1.40. The second-order valence-electron chi connectivity index (χ2n) is 6.74. The predicted octanol–water partition coefficient (Wildman–Crippen LogP) is 2.97. The Morgan fingerprint density at radius 1 is 1.08 bits per heavy atom. The third-order valence-corrected chi connectivity index (χ3v) is 4.99. The van der Waals surface area contributed by atoms with E-state index in [0.29, 0.717) is 5.92 Å². The molecule has 2 aromatic rings. The van der Waals surface area contributed by atoms with Gasteiger partial charge in [-0.05, 0) is 30.0 Å². The maximum Gasteiger partial charge on any atom is 0.193 e. The van der Waals surface area contributed by atoms with Crippen LogP contribution in [0.5, 0.6) is 0 Å². The molecule has 1 aromatic heterocycles. The smallest absolute Gasteiger partial charge is 0.193 e. The van der Waals surface area contributed by atoms with Crippen molar-refractivity contribution in [3.8, 4) is 0 Å². The molecule has 1 aliphatic rings. The van der Waals surface area contributed by atoms with E-state index in [1.54, 1.807) is 0 Å². The highest BCUT2D eigenvalue weighted by Crippen LogP contribution is 2.17. The molecule has 0 amide bonds. The topological polar surface area (TPSA) is 43.8 Å². The number of guanidine groups is 1. The van der Waals surface area contributed by atoms with Crippen molar-refractivity contribution in [2.75, 3.05) is 44.7 Å². The largest absolute Gasteiger partial charge is 0.356 e. The Hall–Kier alpha value is -2.56. The molecule has 0 spiro atoms. The van der Waals surface area contributed by atoms with Gasteiger partial charge in [0.25, 0.3) is 0 Å². The number of aromatic nitrogens is 1. The molecule has 5 nitrogen and oxygen atoms in total. The average Bonchev–Trinajstić information content (AvgIpc) is 2.72. The maximum atomic E-state index is 4.48. The van der Waals surface area contributed by atoms with Gasteiger partial charge in [-0.15, -0.1) is 0 Å². The summed E-state index contributed by atoms with van der Waals surface area (Å²) in [6.07, 6.45) is 2.95. The lowest BCUT2D eigenvalue weighted by Crippen LogP contribution is -2.52. The number of hydrogen-bond acceptors (Lipinski definition) is 3. The van der Waals surface area contributed by atoms with Crippen molar-refractivity contribution in [2.45, 2.75) is 19.3 Å². The Morgan fingerprint density at radius 3 is 2.46 bits per heavy atom. The average molecular weight is 351 g/mol. The van der Waals surface area contributed by atoms with Crippen molar-refractivity contribution in [1.29, 1.82) is 0 Å². The number of anilines is 1. The summed E-state index contributed by atoms with van der Waals surface area (Å²) in [5, 5.41) is 3.54. The summed E-state index contributed by atoms with van der Waals surface area (Å²) in [7, 11) is 1.87. The molecule has 26 heavy (non-hydrogen) atoms. The molecule has 3 rings (SSSR count). The van der Waals surface area contributed by atoms with Crippen molar-refractivity contribution in [2.24, 2.45) is 4.99 Å². The number of nitrogens with zero attached hydrogens (tertiary/aromatic N) is 4. The molecule has 0 aliphatic carbocycles. The Morgan fingerprint density at radius 2 is 1.81 bits per heavy atom. The lowest BCUT2D eigenvalue weighted by molar-refractivity contribution is 0.371. The van der Waals surface area contributed by atoms with E-state index in [1.165, 1.54) is 5.56 Å². The Balaban J connectivity index is 1.45. The molecule has 138 valence electrons. The number of piperazine rings is 1. The van der Waals surface area contributed by atoms with Crippen LogP contribution in [0.3, 0.4) is 0 Å². The van der Waals surface area contributed by atoms with Gasteiger partial charge in [0.05, 0.1) is 0 Å². The van der Waals surface area contributed by atoms with Gasteiger partial charge in [0, 0.05) is 46.0 Å². The van der Waals surface area contributed by atoms with Gasteiger partial charge in [-0.3, -0.25) is 4.99 Å². The van der Waals surface area contributed by atoms with Crippen LogP contribution in [0.1, 0.15) is 24.8 Å². The molecule has 1 N–H and O–H groups in total. The first-order chi connectivity index (χ1) is 12.8. The van der Waals surface area contributed by atoms with Gasteiger partial charge in [-0.1, -0.05) is 43.3 Å². The van der Waals surface area contributed by atoms with Gasteiger partial charge in [-0.25, -0.2) is 4.98 Å². The minimum Gasteiger partial charge on any atom is -0.356 e. The first-order valence-electron chi connectivity index (χ1n) is 9.44. The first-order valence-corrected chi connectivity index (χ1v) is 9.44. The molecule has 2 heterocycles. The highest BCUT2D eigenvalue weighted by Gasteiger charge is 2.20. The van der Waals surface area contributed by atoms with Crippen LogP contribution < -0.4 is 10.2 Å². The predicted molar refractivity (Wildman–Crippen MR) is 109 cm³/mol. The molecule has 1 fully saturated rings. The van der Waals surface area contributed by atoms with Crippen molar-refractivity contribution in [1.82, 2.24) is 15.2 Å². The van der Waals surface area contributed by atoms with Gasteiger partial charge in [0.2, 0.25) is 0 Å². The van der Waals surface area contributed by atoms with E-state index in [4.69, 9.17) is 0 Å². The Kier molecular flexibility index (Phi) is 6.47. The molecule has 1 aliphatic heterocycles. The number of hydrogen-bond donors (Lipinski definition) is 1. The molecule has 5 heteroatoms. The minimum absolute atomic E-state index is 0.544. The second-order valence-corrected chi connectivity index (χ2v) is 6.74. The van der Waals surface area contributed by atoms with Crippen molar-refractivity contribution >= 4 is 11.8 Å². The normalized spacial score (nSPS) is 16.5. The van der Waals surface area contributed by atoms with Crippen molar-refractivity contribution in [3.05, 3.63) is 60.3 Å². The summed E-state index contributed by atoms with van der Waals surface area (Å²) in [6.45, 7) is 7.08. The van der Waals surface area contributed by atoms with Crippen LogP contribution in [0.25, 0.3) is 0 Å². The van der Waals surface area contributed by atoms with E-state index in [0.717, 1.165) is 50.9 Å². The standard InChI is InChI=1S/C21H29N5/c1-18(19-8-4-3-5-9-19)11-13-24-21(22-2)26-16-14-25(15-17-26)20-10-6-7-12-23-20/h3-10,12,18H,11,13-17H2,1-2H3,(H,22,24). The Labute approximate surface area is 156 Å². The van der Waals surface area contributed by atoms with Crippen LogP contribution in [0.4, 0.5) is 5.82 Å². The van der Waals surface area contributed by atoms with Crippen LogP contribution in [0.2, 0.25) is 0 Å². The molecule has 0 radical (unpaired) electrons. The maximum absolute atomic E-state index is 4.48. The van der Waals surface area contributed by atoms with E-state index < -0.39 is 0 Å². The molecule has 1 atom stereocenters. The molecule has 0 bridgehead atoms. The molecular formula is C21H29N5. The quantitative estimate of drug-likeness (QED) is 0.664. The van der Waals surface area contributed by atoms with Crippen LogP contribution in [-0.4, -0.2) is 55.6 Å². The van der Waals surface area contributed by atoms with Crippen molar-refractivity contribution < 1.29 is 0 Å². The number of rotatable bonds is 5. The third-order valence-electron chi connectivity index (χ3n) is 4.99. The fourth-order valence-electron chi connectivity index (χ4n) is 3.37. The van der Waals surface area contributed by atoms with E-state index in [1.807, 2.05) is 25.4 Å². The van der Waals surface area contributed by atoms with Gasteiger partial charge < -0.3 is 15.1 Å². The van der Waals surface area contributed by atoms with Gasteiger partial charge in [-0.2, -0.15) is 0 Å². The SMILES string of the molecule is CN=C(NCCC(C)c1ccccc1)N1CCN(c2ccccn2)CC1. The van der Waals surface area contributed by atoms with E-state index in [9.17, 15) is 0 Å².